The first-order chi connectivity index (χ1) is 13.7. The summed E-state index contributed by atoms with van der Waals surface area (Å²) < 4.78 is 10.6. The smallest absolute Gasteiger partial charge is 0.313 e. The lowest BCUT2D eigenvalue weighted by atomic mass is 10.2. The predicted octanol–water partition coefficient (Wildman–Crippen LogP) is 2.84. The Morgan fingerprint density at radius 3 is 2.79 bits per heavy atom. The van der Waals surface area contributed by atoms with Gasteiger partial charge < -0.3 is 25.1 Å². The van der Waals surface area contributed by atoms with Crippen molar-refractivity contribution in [1.29, 1.82) is 0 Å². The Bertz CT molecular complexity index is 951. The number of carbonyl (C=O) groups excluding carboxylic acids is 2. The second-order valence-electron chi connectivity index (χ2n) is 6.26. The number of hydrogen-bond donors (Lipinski definition) is 3. The number of methoxy groups -OCH3 is 1. The van der Waals surface area contributed by atoms with Gasteiger partial charge in [-0.05, 0) is 42.0 Å². The molecule has 3 aromatic rings. The summed E-state index contributed by atoms with van der Waals surface area (Å²) in [5.41, 5.74) is 2.38. The number of H-pyrrole nitrogens is 1. The van der Waals surface area contributed by atoms with Crippen molar-refractivity contribution in [3.63, 3.8) is 0 Å². The van der Waals surface area contributed by atoms with E-state index in [4.69, 9.17) is 9.47 Å². The van der Waals surface area contributed by atoms with Crippen molar-refractivity contribution in [3.8, 4) is 5.75 Å². The van der Waals surface area contributed by atoms with Gasteiger partial charge in [0.05, 0.1) is 6.61 Å². The van der Waals surface area contributed by atoms with Crippen molar-refractivity contribution in [3.05, 3.63) is 60.3 Å². The minimum atomic E-state index is -0.707. The van der Waals surface area contributed by atoms with Crippen LogP contribution in [0.25, 0.3) is 10.9 Å². The van der Waals surface area contributed by atoms with E-state index in [2.05, 4.69) is 15.6 Å². The molecule has 1 heterocycles. The average Bonchev–Trinajstić information content (AvgIpc) is 3.17. The Balaban J connectivity index is 1.49. The largest absolute Gasteiger partial charge is 0.493 e. The van der Waals surface area contributed by atoms with E-state index < -0.39 is 11.8 Å². The number of anilines is 1. The highest BCUT2D eigenvalue weighted by Gasteiger charge is 2.13. The van der Waals surface area contributed by atoms with Crippen LogP contribution in [0.15, 0.2) is 54.7 Å². The molecular weight excluding hydrogens is 358 g/mol. The first-order valence-electron chi connectivity index (χ1n) is 9.03. The van der Waals surface area contributed by atoms with E-state index in [0.717, 1.165) is 22.9 Å². The van der Waals surface area contributed by atoms with Crippen molar-refractivity contribution >= 4 is 28.4 Å². The third-order valence-electron chi connectivity index (χ3n) is 4.13. The maximum atomic E-state index is 12.1. The minimum absolute atomic E-state index is 0.234. The van der Waals surface area contributed by atoms with E-state index in [1.54, 1.807) is 19.2 Å². The molecule has 0 atom stereocenters. The minimum Gasteiger partial charge on any atom is -0.493 e. The lowest BCUT2D eigenvalue weighted by Crippen LogP contribution is -2.34. The van der Waals surface area contributed by atoms with Crippen LogP contribution in [-0.4, -0.2) is 37.1 Å². The number of fused-ring (bicyclic) bond motifs is 1. The summed E-state index contributed by atoms with van der Waals surface area (Å²) in [5, 5.41) is 6.19. The third-order valence-corrected chi connectivity index (χ3v) is 4.13. The summed E-state index contributed by atoms with van der Waals surface area (Å²) >= 11 is 0. The Hall–Kier alpha value is -3.32. The molecular formula is C21H23N3O4. The Morgan fingerprint density at radius 2 is 1.93 bits per heavy atom. The Kier molecular flexibility index (Phi) is 6.64. The molecule has 146 valence electrons. The van der Waals surface area contributed by atoms with Gasteiger partial charge in [0.25, 0.3) is 0 Å². The number of benzene rings is 2. The molecule has 7 heteroatoms. The van der Waals surface area contributed by atoms with Crippen molar-refractivity contribution in [2.45, 2.75) is 13.0 Å². The molecule has 0 unspecified atom stereocenters. The van der Waals surface area contributed by atoms with Crippen LogP contribution in [0.1, 0.15) is 12.0 Å². The molecule has 2 amide bonds. The molecule has 0 aliphatic heterocycles. The highest BCUT2D eigenvalue weighted by atomic mass is 16.5. The van der Waals surface area contributed by atoms with E-state index in [9.17, 15) is 9.59 Å². The summed E-state index contributed by atoms with van der Waals surface area (Å²) in [6, 6.07) is 14.7. The monoisotopic (exact) mass is 381 g/mol. The molecule has 3 rings (SSSR count). The molecule has 0 radical (unpaired) electrons. The van der Waals surface area contributed by atoms with E-state index >= 15 is 0 Å². The highest BCUT2D eigenvalue weighted by Crippen LogP contribution is 2.17. The molecule has 0 aliphatic rings. The number of nitrogens with one attached hydrogen (secondary N) is 3. The number of amides is 2. The van der Waals surface area contributed by atoms with Gasteiger partial charge in [-0.15, -0.1) is 0 Å². The number of carbonyl (C=O) groups is 2. The summed E-state index contributed by atoms with van der Waals surface area (Å²) in [6.45, 7) is 1.43. The zero-order valence-electron chi connectivity index (χ0n) is 15.7. The van der Waals surface area contributed by atoms with Crippen molar-refractivity contribution in [2.75, 3.05) is 25.6 Å². The normalized spacial score (nSPS) is 10.6. The van der Waals surface area contributed by atoms with Crippen LogP contribution < -0.4 is 15.4 Å². The Labute approximate surface area is 163 Å². The molecule has 0 spiro atoms. The average molecular weight is 381 g/mol. The van der Waals surface area contributed by atoms with Gasteiger partial charge in [-0.1, -0.05) is 12.1 Å². The highest BCUT2D eigenvalue weighted by molar-refractivity contribution is 6.39. The van der Waals surface area contributed by atoms with E-state index in [1.165, 1.54) is 0 Å². The summed E-state index contributed by atoms with van der Waals surface area (Å²) in [7, 11) is 1.65. The summed E-state index contributed by atoms with van der Waals surface area (Å²) in [6.07, 6.45) is 2.62. The molecule has 7 nitrogen and oxygen atoms in total. The summed E-state index contributed by atoms with van der Waals surface area (Å²) in [5.74, 6) is -0.686. The predicted molar refractivity (Wildman–Crippen MR) is 107 cm³/mol. The van der Waals surface area contributed by atoms with Crippen LogP contribution in [0.5, 0.6) is 5.75 Å². The van der Waals surface area contributed by atoms with Crippen LogP contribution in [0, 0.1) is 0 Å². The van der Waals surface area contributed by atoms with Crippen molar-refractivity contribution in [2.24, 2.45) is 0 Å². The van der Waals surface area contributed by atoms with Gasteiger partial charge in [-0.25, -0.2) is 0 Å². The fourth-order valence-corrected chi connectivity index (χ4v) is 2.72. The molecule has 0 fully saturated rings. The zero-order chi connectivity index (χ0) is 19.8. The number of rotatable bonds is 8. The van der Waals surface area contributed by atoms with Gasteiger partial charge >= 0.3 is 11.8 Å². The second kappa shape index (κ2) is 9.57. The standard InChI is InChI=1S/C21H23N3O4/c1-27-10-3-11-28-18-5-2-4-15(12-18)14-23-20(25)21(26)24-17-6-7-19-16(13-17)8-9-22-19/h2,4-9,12-13,22H,3,10-11,14H2,1H3,(H,23,25)(H,24,26). The number of hydrogen-bond acceptors (Lipinski definition) is 4. The molecule has 0 saturated heterocycles. The molecule has 1 aromatic heterocycles. The maximum Gasteiger partial charge on any atom is 0.313 e. The summed E-state index contributed by atoms with van der Waals surface area (Å²) in [4.78, 5) is 27.3. The fourth-order valence-electron chi connectivity index (χ4n) is 2.72. The van der Waals surface area contributed by atoms with Crippen LogP contribution in [-0.2, 0) is 20.9 Å². The van der Waals surface area contributed by atoms with Gasteiger partial charge in [0.1, 0.15) is 5.75 Å². The first kappa shape index (κ1) is 19.4. The number of ether oxygens (including phenoxy) is 2. The topological polar surface area (TPSA) is 92.4 Å². The maximum absolute atomic E-state index is 12.1. The van der Waals surface area contributed by atoms with Crippen LogP contribution in [0.2, 0.25) is 0 Å². The number of aromatic amines is 1. The van der Waals surface area contributed by atoms with Crippen molar-refractivity contribution in [1.82, 2.24) is 10.3 Å². The SMILES string of the molecule is COCCCOc1cccc(CNC(=O)C(=O)Nc2ccc3[nH]ccc3c2)c1. The van der Waals surface area contributed by atoms with Gasteiger partial charge in [0, 0.05) is 49.5 Å². The van der Waals surface area contributed by atoms with Crippen molar-refractivity contribution < 1.29 is 19.1 Å². The molecule has 0 saturated carbocycles. The van der Waals surface area contributed by atoms with Crippen LogP contribution in [0.4, 0.5) is 5.69 Å². The van der Waals surface area contributed by atoms with Crippen LogP contribution in [0.3, 0.4) is 0 Å². The van der Waals surface area contributed by atoms with E-state index in [1.807, 2.05) is 42.6 Å². The lowest BCUT2D eigenvalue weighted by Gasteiger charge is -2.09. The van der Waals surface area contributed by atoms with Gasteiger partial charge in [-0.3, -0.25) is 9.59 Å². The molecule has 3 N–H and O–H groups in total. The quantitative estimate of drug-likeness (QED) is 0.413. The second-order valence-corrected chi connectivity index (χ2v) is 6.26. The van der Waals surface area contributed by atoms with Gasteiger partial charge in [0.2, 0.25) is 0 Å². The van der Waals surface area contributed by atoms with E-state index in [0.29, 0.717) is 24.7 Å². The number of aromatic nitrogens is 1. The van der Waals surface area contributed by atoms with Crippen LogP contribution >= 0.6 is 0 Å². The lowest BCUT2D eigenvalue weighted by molar-refractivity contribution is -0.136. The Morgan fingerprint density at radius 1 is 1.04 bits per heavy atom. The molecule has 0 bridgehead atoms. The first-order valence-corrected chi connectivity index (χ1v) is 9.03. The molecule has 0 aliphatic carbocycles. The zero-order valence-corrected chi connectivity index (χ0v) is 15.7. The van der Waals surface area contributed by atoms with E-state index in [-0.39, 0.29) is 6.54 Å². The van der Waals surface area contributed by atoms with Gasteiger partial charge in [-0.2, -0.15) is 0 Å². The third kappa shape index (κ3) is 5.34. The van der Waals surface area contributed by atoms with Gasteiger partial charge in [0.15, 0.2) is 0 Å². The molecule has 2 aromatic carbocycles. The fraction of sp³-hybridized carbons (Fsp3) is 0.238. The molecule has 28 heavy (non-hydrogen) atoms.